The van der Waals surface area contributed by atoms with Crippen LogP contribution in [-0.4, -0.2) is 10.6 Å². The predicted molar refractivity (Wildman–Crippen MR) is 50.9 cm³/mol. The van der Waals surface area contributed by atoms with E-state index in [9.17, 15) is 4.79 Å². The van der Waals surface area contributed by atoms with Gasteiger partial charge in [-0.15, -0.1) is 0 Å². The molecule has 1 aliphatic rings. The van der Waals surface area contributed by atoms with Crippen LogP contribution >= 0.6 is 22.6 Å². The maximum absolute atomic E-state index is 10.9. The summed E-state index contributed by atoms with van der Waals surface area (Å²) in [4.78, 5) is 10.9. The molecule has 0 radical (unpaired) electrons. The first-order valence-electron chi connectivity index (χ1n) is 3.37. The van der Waals surface area contributed by atoms with Crippen LogP contribution in [0.5, 0.6) is 11.5 Å². The lowest BCUT2D eigenvalue weighted by Gasteiger charge is -1.96. The molecule has 12 heavy (non-hydrogen) atoms. The fourth-order valence-corrected chi connectivity index (χ4v) is 1.35. The van der Waals surface area contributed by atoms with E-state index in [4.69, 9.17) is 9.47 Å². The Kier molecular flexibility index (Phi) is 1.92. The molecule has 0 fully saturated rings. The number of carbonyl (C=O) groups is 1. The lowest BCUT2D eigenvalue weighted by Crippen LogP contribution is -1.93. The fourth-order valence-electron chi connectivity index (χ4n) is 1.02. The van der Waals surface area contributed by atoms with Gasteiger partial charge in [-0.1, -0.05) is 0 Å². The van der Waals surface area contributed by atoms with Crippen molar-refractivity contribution in [2.24, 2.45) is 0 Å². The van der Waals surface area contributed by atoms with Gasteiger partial charge < -0.3 is 9.47 Å². The van der Waals surface area contributed by atoms with Crippen molar-refractivity contribution in [1.82, 2.24) is 0 Å². The van der Waals surface area contributed by atoms with E-state index in [2.05, 4.69) is 0 Å². The van der Waals surface area contributed by atoms with Crippen molar-refractivity contribution >= 4 is 26.4 Å². The molecule has 1 aromatic rings. The third-order valence-corrected chi connectivity index (χ3v) is 2.22. The van der Waals surface area contributed by atoms with Gasteiger partial charge in [0.1, 0.15) is 0 Å². The monoisotopic (exact) mass is 276 g/mol. The molecule has 0 atom stereocenters. The van der Waals surface area contributed by atoms with Crippen LogP contribution < -0.4 is 9.47 Å². The lowest BCUT2D eigenvalue weighted by atomic mass is 10.2. The third kappa shape index (κ3) is 1.26. The summed E-state index contributed by atoms with van der Waals surface area (Å²) < 4.78 is 10.2. The molecule has 0 saturated heterocycles. The zero-order valence-corrected chi connectivity index (χ0v) is 8.20. The average molecular weight is 276 g/mol. The summed E-state index contributed by atoms with van der Waals surface area (Å²) in [6.45, 7) is 0.244. The number of benzene rings is 1. The normalized spacial score (nSPS) is 13.1. The zero-order chi connectivity index (χ0) is 8.55. The van der Waals surface area contributed by atoms with Crippen molar-refractivity contribution in [3.63, 3.8) is 0 Å². The molecule has 0 bridgehead atoms. The Bertz CT molecular complexity index is 335. The second-order valence-corrected chi connectivity index (χ2v) is 3.32. The van der Waals surface area contributed by atoms with Crippen molar-refractivity contribution in [1.29, 1.82) is 0 Å². The van der Waals surface area contributed by atoms with Crippen molar-refractivity contribution in [3.8, 4) is 11.5 Å². The van der Waals surface area contributed by atoms with Crippen molar-refractivity contribution in [3.05, 3.63) is 23.8 Å². The SMILES string of the molecule is O=C(I)c1ccc2c(c1)OCO2. The molecule has 1 heterocycles. The Morgan fingerprint density at radius 1 is 1.33 bits per heavy atom. The van der Waals surface area contributed by atoms with Gasteiger partial charge in [-0.2, -0.15) is 0 Å². The topological polar surface area (TPSA) is 35.5 Å². The van der Waals surface area contributed by atoms with Crippen LogP contribution in [0.3, 0.4) is 0 Å². The maximum atomic E-state index is 10.9. The molecule has 2 rings (SSSR count). The van der Waals surface area contributed by atoms with E-state index in [0.717, 1.165) is 0 Å². The molecule has 4 heteroatoms. The largest absolute Gasteiger partial charge is 0.454 e. The summed E-state index contributed by atoms with van der Waals surface area (Å²) in [7, 11) is 0. The molecule has 1 aromatic carbocycles. The molecule has 3 nitrogen and oxygen atoms in total. The molecule has 1 aliphatic heterocycles. The van der Waals surface area contributed by atoms with E-state index in [0.29, 0.717) is 17.1 Å². The van der Waals surface area contributed by atoms with E-state index in [1.54, 1.807) is 40.8 Å². The molecule has 0 amide bonds. The van der Waals surface area contributed by atoms with Crippen molar-refractivity contribution < 1.29 is 14.3 Å². The third-order valence-electron chi connectivity index (χ3n) is 1.60. The highest BCUT2D eigenvalue weighted by Crippen LogP contribution is 2.32. The Morgan fingerprint density at radius 2 is 2.08 bits per heavy atom. The number of halogens is 1. The quantitative estimate of drug-likeness (QED) is 0.581. The van der Waals surface area contributed by atoms with Crippen LogP contribution in [0.15, 0.2) is 18.2 Å². The van der Waals surface area contributed by atoms with E-state index in [1.165, 1.54) is 0 Å². The highest BCUT2D eigenvalue weighted by molar-refractivity contribution is 14.1. The summed E-state index contributed by atoms with van der Waals surface area (Å²) in [5, 5.41) is 0. The standard InChI is InChI=1S/C8H5IO3/c9-8(10)5-1-2-6-7(3-5)12-4-11-6/h1-3H,4H2. The summed E-state index contributed by atoms with van der Waals surface area (Å²) in [5.41, 5.74) is 0.639. The molecule has 0 unspecified atom stereocenters. The lowest BCUT2D eigenvalue weighted by molar-refractivity contribution is 0.110. The number of carbonyl (C=O) groups excluding carboxylic acids is 1. The van der Waals surface area contributed by atoms with Gasteiger partial charge >= 0.3 is 0 Å². The van der Waals surface area contributed by atoms with Gasteiger partial charge in [-0.3, -0.25) is 4.79 Å². The highest BCUT2D eigenvalue weighted by Gasteiger charge is 2.14. The van der Waals surface area contributed by atoms with Crippen LogP contribution in [0.2, 0.25) is 0 Å². The summed E-state index contributed by atoms with van der Waals surface area (Å²) >= 11 is 1.74. The minimum Gasteiger partial charge on any atom is -0.454 e. The molecular formula is C8H5IO3. The van der Waals surface area contributed by atoms with Crippen LogP contribution in [0.4, 0.5) is 0 Å². The minimum absolute atomic E-state index is 0.00546. The Labute approximate surface area is 82.8 Å². The van der Waals surface area contributed by atoms with Crippen LogP contribution in [0, 0.1) is 0 Å². The van der Waals surface area contributed by atoms with Crippen LogP contribution in [0.1, 0.15) is 10.4 Å². The minimum atomic E-state index is 0.00546. The van der Waals surface area contributed by atoms with Gasteiger partial charge in [0.15, 0.2) is 11.5 Å². The summed E-state index contributed by atoms with van der Waals surface area (Å²) in [6, 6.07) is 5.16. The van der Waals surface area contributed by atoms with Gasteiger partial charge in [0.2, 0.25) is 10.6 Å². The van der Waals surface area contributed by atoms with E-state index in [-0.39, 0.29) is 10.6 Å². The van der Waals surface area contributed by atoms with E-state index in [1.807, 2.05) is 0 Å². The number of ether oxygens (including phenoxy) is 2. The molecule has 0 N–H and O–H groups in total. The number of hydrogen-bond donors (Lipinski definition) is 0. The second kappa shape index (κ2) is 2.93. The van der Waals surface area contributed by atoms with Crippen LogP contribution in [-0.2, 0) is 0 Å². The molecule has 62 valence electrons. The molecule has 0 aromatic heterocycles. The zero-order valence-electron chi connectivity index (χ0n) is 6.04. The first-order valence-corrected chi connectivity index (χ1v) is 4.45. The van der Waals surface area contributed by atoms with Crippen molar-refractivity contribution in [2.75, 3.05) is 6.79 Å². The molecule has 0 saturated carbocycles. The molecule has 0 spiro atoms. The highest BCUT2D eigenvalue weighted by atomic mass is 127. The number of rotatable bonds is 1. The Hall–Kier alpha value is -0.780. The predicted octanol–water partition coefficient (Wildman–Crippen LogP) is 1.99. The molecular weight excluding hydrogens is 271 g/mol. The van der Waals surface area contributed by atoms with Crippen LogP contribution in [0.25, 0.3) is 0 Å². The smallest absolute Gasteiger partial charge is 0.231 e. The van der Waals surface area contributed by atoms with Crippen molar-refractivity contribution in [2.45, 2.75) is 0 Å². The van der Waals surface area contributed by atoms with Gasteiger partial charge in [-0.05, 0) is 18.2 Å². The van der Waals surface area contributed by atoms with E-state index >= 15 is 0 Å². The fraction of sp³-hybridized carbons (Fsp3) is 0.125. The summed E-state index contributed by atoms with van der Waals surface area (Å²) in [6.07, 6.45) is 0. The number of fused-ring (bicyclic) bond motifs is 1. The summed E-state index contributed by atoms with van der Waals surface area (Å²) in [5.74, 6) is 1.36. The van der Waals surface area contributed by atoms with Gasteiger partial charge in [0.05, 0.1) is 0 Å². The Morgan fingerprint density at radius 3 is 2.83 bits per heavy atom. The first kappa shape index (κ1) is 7.85. The van der Waals surface area contributed by atoms with E-state index < -0.39 is 0 Å². The van der Waals surface area contributed by atoms with Gasteiger partial charge in [-0.25, -0.2) is 0 Å². The van der Waals surface area contributed by atoms with Gasteiger partial charge in [0.25, 0.3) is 0 Å². The Balaban J connectivity index is 2.45. The molecule has 0 aliphatic carbocycles. The average Bonchev–Trinajstić information content (AvgIpc) is 2.49. The maximum Gasteiger partial charge on any atom is 0.231 e. The second-order valence-electron chi connectivity index (χ2n) is 2.34. The number of hydrogen-bond acceptors (Lipinski definition) is 3. The first-order chi connectivity index (χ1) is 5.77. The van der Waals surface area contributed by atoms with Gasteiger partial charge in [0, 0.05) is 28.2 Å².